The molecular formula is C23H26N2O2. The van der Waals surface area contributed by atoms with Crippen LogP contribution < -0.4 is 4.90 Å². The van der Waals surface area contributed by atoms with E-state index in [1.807, 2.05) is 20.0 Å². The molecule has 0 N–H and O–H groups in total. The van der Waals surface area contributed by atoms with E-state index in [1.165, 1.54) is 22.4 Å². The second-order valence-electron chi connectivity index (χ2n) is 7.47. The van der Waals surface area contributed by atoms with Crippen LogP contribution in [0.5, 0.6) is 0 Å². The van der Waals surface area contributed by atoms with E-state index in [4.69, 9.17) is 9.15 Å². The SMILES string of the molecule is Cc1cc(-c2ccc(N3CC(C)OC(C)C3)cc2-c2ccoc2C)ccn1. The van der Waals surface area contributed by atoms with Gasteiger partial charge in [0.1, 0.15) is 5.76 Å². The van der Waals surface area contributed by atoms with E-state index < -0.39 is 0 Å². The van der Waals surface area contributed by atoms with Gasteiger partial charge in [0, 0.05) is 36.2 Å². The number of aromatic nitrogens is 1. The van der Waals surface area contributed by atoms with Crippen molar-refractivity contribution in [2.75, 3.05) is 18.0 Å². The molecule has 3 heterocycles. The molecule has 2 atom stereocenters. The molecule has 1 aliphatic heterocycles. The van der Waals surface area contributed by atoms with Crippen LogP contribution in [0.4, 0.5) is 5.69 Å². The summed E-state index contributed by atoms with van der Waals surface area (Å²) in [6.45, 7) is 10.1. The number of aryl methyl sites for hydroxylation is 2. The number of ether oxygens (including phenoxy) is 1. The molecule has 2 unspecified atom stereocenters. The van der Waals surface area contributed by atoms with Gasteiger partial charge in [0.15, 0.2) is 0 Å². The summed E-state index contributed by atoms with van der Waals surface area (Å²) in [4.78, 5) is 6.76. The zero-order valence-corrected chi connectivity index (χ0v) is 16.4. The molecule has 0 aliphatic carbocycles. The fourth-order valence-electron chi connectivity index (χ4n) is 3.97. The van der Waals surface area contributed by atoms with Gasteiger partial charge in [-0.05, 0) is 74.7 Å². The molecule has 1 fully saturated rings. The minimum atomic E-state index is 0.232. The Morgan fingerprint density at radius 2 is 1.70 bits per heavy atom. The van der Waals surface area contributed by atoms with Crippen molar-refractivity contribution in [3.63, 3.8) is 0 Å². The maximum absolute atomic E-state index is 5.90. The lowest BCUT2D eigenvalue weighted by Crippen LogP contribution is -2.45. The quantitative estimate of drug-likeness (QED) is 0.639. The van der Waals surface area contributed by atoms with Crippen LogP contribution in [-0.2, 0) is 4.74 Å². The second kappa shape index (κ2) is 7.20. The Labute approximate surface area is 160 Å². The van der Waals surface area contributed by atoms with Crippen LogP contribution in [0.3, 0.4) is 0 Å². The smallest absolute Gasteiger partial charge is 0.108 e. The summed E-state index contributed by atoms with van der Waals surface area (Å²) in [5, 5.41) is 0. The van der Waals surface area contributed by atoms with Crippen molar-refractivity contribution in [1.82, 2.24) is 4.98 Å². The van der Waals surface area contributed by atoms with Gasteiger partial charge < -0.3 is 14.1 Å². The van der Waals surface area contributed by atoms with Crippen LogP contribution in [0.15, 0.2) is 53.3 Å². The van der Waals surface area contributed by atoms with Gasteiger partial charge in [-0.1, -0.05) is 6.07 Å². The highest BCUT2D eigenvalue weighted by Crippen LogP contribution is 2.37. The first-order valence-electron chi connectivity index (χ1n) is 9.53. The third kappa shape index (κ3) is 3.62. The van der Waals surface area contributed by atoms with Crippen LogP contribution in [0.1, 0.15) is 25.3 Å². The normalized spacial score (nSPS) is 20.1. The Morgan fingerprint density at radius 1 is 0.926 bits per heavy atom. The third-order valence-corrected chi connectivity index (χ3v) is 5.14. The first-order chi connectivity index (χ1) is 13.0. The molecule has 0 spiro atoms. The van der Waals surface area contributed by atoms with E-state index in [0.717, 1.165) is 30.1 Å². The molecular weight excluding hydrogens is 336 g/mol. The van der Waals surface area contributed by atoms with Gasteiger partial charge in [-0.15, -0.1) is 0 Å². The van der Waals surface area contributed by atoms with E-state index in [9.17, 15) is 0 Å². The zero-order valence-electron chi connectivity index (χ0n) is 16.4. The number of benzene rings is 1. The summed E-state index contributed by atoms with van der Waals surface area (Å²) in [7, 11) is 0. The van der Waals surface area contributed by atoms with E-state index in [1.54, 1.807) is 6.26 Å². The zero-order chi connectivity index (χ0) is 19.0. The lowest BCUT2D eigenvalue weighted by atomic mass is 9.94. The molecule has 1 saturated heterocycles. The van der Waals surface area contributed by atoms with Crippen molar-refractivity contribution in [2.24, 2.45) is 0 Å². The van der Waals surface area contributed by atoms with Crippen LogP contribution in [0.25, 0.3) is 22.3 Å². The summed E-state index contributed by atoms with van der Waals surface area (Å²) >= 11 is 0. The number of anilines is 1. The predicted molar refractivity (Wildman–Crippen MR) is 109 cm³/mol. The van der Waals surface area contributed by atoms with Crippen molar-refractivity contribution in [1.29, 1.82) is 0 Å². The number of rotatable bonds is 3. The molecule has 0 saturated carbocycles. The summed E-state index contributed by atoms with van der Waals surface area (Å²) in [6.07, 6.45) is 4.10. The molecule has 0 bridgehead atoms. The minimum Gasteiger partial charge on any atom is -0.469 e. The summed E-state index contributed by atoms with van der Waals surface area (Å²) < 4.78 is 11.5. The predicted octanol–water partition coefficient (Wildman–Crippen LogP) is 5.24. The average molecular weight is 362 g/mol. The Bertz CT molecular complexity index is 937. The van der Waals surface area contributed by atoms with E-state index in [0.29, 0.717) is 0 Å². The van der Waals surface area contributed by atoms with Crippen molar-refractivity contribution in [3.05, 3.63) is 60.3 Å². The number of pyridine rings is 1. The highest BCUT2D eigenvalue weighted by Gasteiger charge is 2.23. The molecule has 3 aromatic rings. The molecule has 2 aromatic heterocycles. The molecule has 0 radical (unpaired) electrons. The molecule has 4 nitrogen and oxygen atoms in total. The molecule has 4 heteroatoms. The number of nitrogens with zero attached hydrogens (tertiary/aromatic N) is 2. The maximum Gasteiger partial charge on any atom is 0.108 e. The Hall–Kier alpha value is -2.59. The summed E-state index contributed by atoms with van der Waals surface area (Å²) in [5.41, 5.74) is 6.94. The molecule has 27 heavy (non-hydrogen) atoms. The van der Waals surface area contributed by atoms with Crippen molar-refractivity contribution in [3.8, 4) is 22.3 Å². The first-order valence-corrected chi connectivity index (χ1v) is 9.53. The maximum atomic E-state index is 5.90. The second-order valence-corrected chi connectivity index (χ2v) is 7.47. The van der Waals surface area contributed by atoms with Crippen LogP contribution in [0.2, 0.25) is 0 Å². The largest absolute Gasteiger partial charge is 0.469 e. The molecule has 140 valence electrons. The molecule has 1 aliphatic rings. The fourth-order valence-corrected chi connectivity index (χ4v) is 3.97. The van der Waals surface area contributed by atoms with Crippen molar-refractivity contribution < 1.29 is 9.15 Å². The van der Waals surface area contributed by atoms with Gasteiger partial charge >= 0.3 is 0 Å². The van der Waals surface area contributed by atoms with E-state index in [-0.39, 0.29) is 12.2 Å². The topological polar surface area (TPSA) is 38.5 Å². The Morgan fingerprint density at radius 3 is 2.37 bits per heavy atom. The molecule has 1 aromatic carbocycles. The number of hydrogen-bond donors (Lipinski definition) is 0. The molecule has 0 amide bonds. The van der Waals surface area contributed by atoms with Crippen molar-refractivity contribution in [2.45, 2.75) is 39.9 Å². The summed E-state index contributed by atoms with van der Waals surface area (Å²) in [6, 6.07) is 13.0. The minimum absolute atomic E-state index is 0.232. The van der Waals surface area contributed by atoms with Gasteiger partial charge in [-0.3, -0.25) is 4.98 Å². The van der Waals surface area contributed by atoms with Gasteiger partial charge in [0.05, 0.1) is 18.5 Å². The van der Waals surface area contributed by atoms with E-state index >= 15 is 0 Å². The highest BCUT2D eigenvalue weighted by atomic mass is 16.5. The first kappa shape index (κ1) is 17.8. The average Bonchev–Trinajstić information content (AvgIpc) is 3.06. The number of morpholine rings is 1. The van der Waals surface area contributed by atoms with Gasteiger partial charge in [-0.25, -0.2) is 0 Å². The van der Waals surface area contributed by atoms with E-state index in [2.05, 4.69) is 60.1 Å². The van der Waals surface area contributed by atoms with Gasteiger partial charge in [0.2, 0.25) is 0 Å². The lowest BCUT2D eigenvalue weighted by molar-refractivity contribution is -0.00521. The Balaban J connectivity index is 1.82. The van der Waals surface area contributed by atoms with Crippen molar-refractivity contribution >= 4 is 5.69 Å². The molecule has 4 rings (SSSR count). The number of furan rings is 1. The standard InChI is InChI=1S/C23H26N2O2/c1-15-11-19(7-9-24-15)22-6-5-20(25-13-16(2)27-17(3)14-25)12-23(22)21-8-10-26-18(21)4/h5-12,16-17H,13-14H2,1-4H3. The highest BCUT2D eigenvalue weighted by molar-refractivity contribution is 5.86. The Kier molecular flexibility index (Phi) is 4.75. The third-order valence-electron chi connectivity index (χ3n) is 5.14. The van der Waals surface area contributed by atoms with Crippen LogP contribution >= 0.6 is 0 Å². The fraction of sp³-hybridized carbons (Fsp3) is 0.348. The van der Waals surface area contributed by atoms with Crippen LogP contribution in [0, 0.1) is 13.8 Å². The number of hydrogen-bond acceptors (Lipinski definition) is 4. The lowest BCUT2D eigenvalue weighted by Gasteiger charge is -2.37. The van der Waals surface area contributed by atoms with Gasteiger partial charge in [-0.2, -0.15) is 0 Å². The monoisotopic (exact) mass is 362 g/mol. The van der Waals surface area contributed by atoms with Gasteiger partial charge in [0.25, 0.3) is 0 Å². The summed E-state index contributed by atoms with van der Waals surface area (Å²) in [5.74, 6) is 0.933. The van der Waals surface area contributed by atoms with Crippen LogP contribution in [-0.4, -0.2) is 30.3 Å².